The van der Waals surface area contributed by atoms with Crippen LogP contribution in [0.4, 0.5) is 0 Å². The molecular weight excluding hydrogens is 356 g/mol. The molecule has 1 N–H and O–H groups in total. The van der Waals surface area contributed by atoms with E-state index in [1.165, 1.54) is 0 Å². The van der Waals surface area contributed by atoms with Crippen LogP contribution in [0.1, 0.15) is 54.1 Å². The molecule has 4 rings (SSSR count). The maximum Gasteiger partial charge on any atom is 0.254 e. The Morgan fingerprint density at radius 1 is 1.43 bits per heavy atom. The quantitative estimate of drug-likeness (QED) is 0.868. The van der Waals surface area contributed by atoms with Crippen LogP contribution in [0.2, 0.25) is 0 Å². The third kappa shape index (κ3) is 3.40. The number of H-pyrrole nitrogens is 1. The zero-order valence-electron chi connectivity index (χ0n) is 16.4. The number of hydrogen-bond acceptors (Lipinski definition) is 5. The van der Waals surface area contributed by atoms with E-state index in [2.05, 4.69) is 21.6 Å². The molecule has 8 heteroatoms. The van der Waals surface area contributed by atoms with E-state index in [9.17, 15) is 9.59 Å². The molecule has 0 aliphatic carbocycles. The van der Waals surface area contributed by atoms with Crippen LogP contribution in [0.3, 0.4) is 0 Å². The van der Waals surface area contributed by atoms with E-state index in [1.54, 1.807) is 22.7 Å². The van der Waals surface area contributed by atoms with Crippen LogP contribution in [0.5, 0.6) is 0 Å². The number of rotatable bonds is 4. The third-order valence-corrected chi connectivity index (χ3v) is 5.80. The summed E-state index contributed by atoms with van der Waals surface area (Å²) in [5.41, 5.74) is 3.52. The van der Waals surface area contributed by atoms with E-state index in [0.717, 1.165) is 42.9 Å². The number of amides is 1. The fourth-order valence-corrected chi connectivity index (χ4v) is 4.20. The van der Waals surface area contributed by atoms with Crippen molar-refractivity contribution in [2.45, 2.75) is 52.2 Å². The molecule has 0 aromatic carbocycles. The smallest absolute Gasteiger partial charge is 0.254 e. The van der Waals surface area contributed by atoms with Crippen molar-refractivity contribution in [1.29, 1.82) is 0 Å². The highest BCUT2D eigenvalue weighted by atomic mass is 16.2. The molecule has 1 atom stereocenters. The minimum absolute atomic E-state index is 0.0199. The van der Waals surface area contributed by atoms with Crippen molar-refractivity contribution in [2.24, 2.45) is 0 Å². The second-order valence-corrected chi connectivity index (χ2v) is 7.60. The van der Waals surface area contributed by atoms with E-state index in [1.807, 2.05) is 13.1 Å². The second kappa shape index (κ2) is 7.35. The molecule has 1 fully saturated rings. The van der Waals surface area contributed by atoms with E-state index in [4.69, 9.17) is 4.98 Å². The number of aryl methyl sites for hydroxylation is 1. The highest BCUT2D eigenvalue weighted by molar-refractivity contribution is 5.73. The van der Waals surface area contributed by atoms with Crippen molar-refractivity contribution in [2.75, 3.05) is 13.1 Å². The molecule has 0 spiro atoms. The molecule has 4 heterocycles. The van der Waals surface area contributed by atoms with Crippen molar-refractivity contribution >= 4 is 12.1 Å². The standard InChI is InChI=1S/C20H26N6O2/c1-4-26-11-15(13(2)23-26)10-25-8-5-6-18(25)19-21-17-12-24(14(3)27)9-7-16(17)20(28)22-19/h4,11,18H,1,5-10,12H2,2-3H3,(H,21,22,28)/t18-/m1/s1. The van der Waals surface area contributed by atoms with Crippen molar-refractivity contribution in [1.82, 2.24) is 29.5 Å². The van der Waals surface area contributed by atoms with Gasteiger partial charge in [0, 0.05) is 43.5 Å². The Balaban J connectivity index is 1.61. The fourth-order valence-electron chi connectivity index (χ4n) is 4.20. The molecule has 1 amide bonds. The first kappa shape index (κ1) is 18.6. The number of aromatic amines is 1. The summed E-state index contributed by atoms with van der Waals surface area (Å²) >= 11 is 0. The summed E-state index contributed by atoms with van der Waals surface area (Å²) in [5, 5.41) is 4.43. The van der Waals surface area contributed by atoms with Gasteiger partial charge in [-0.05, 0) is 32.7 Å². The van der Waals surface area contributed by atoms with Crippen molar-refractivity contribution < 1.29 is 4.79 Å². The van der Waals surface area contributed by atoms with Gasteiger partial charge in [0.05, 0.1) is 24.0 Å². The topological polar surface area (TPSA) is 87.1 Å². The molecule has 28 heavy (non-hydrogen) atoms. The van der Waals surface area contributed by atoms with Gasteiger partial charge in [0.2, 0.25) is 5.91 Å². The summed E-state index contributed by atoms with van der Waals surface area (Å²) in [5.74, 6) is 0.729. The monoisotopic (exact) mass is 382 g/mol. The number of likely N-dealkylation sites (tertiary alicyclic amines) is 1. The molecule has 2 aliphatic rings. The van der Waals surface area contributed by atoms with Crippen LogP contribution in [0, 0.1) is 6.92 Å². The molecule has 8 nitrogen and oxygen atoms in total. The van der Waals surface area contributed by atoms with Crippen LogP contribution in [0.25, 0.3) is 6.20 Å². The summed E-state index contributed by atoms with van der Waals surface area (Å²) in [6.45, 7) is 10.0. The molecular formula is C20H26N6O2. The lowest BCUT2D eigenvalue weighted by Gasteiger charge is -2.28. The van der Waals surface area contributed by atoms with Gasteiger partial charge < -0.3 is 9.88 Å². The molecule has 148 valence electrons. The first-order valence-electron chi connectivity index (χ1n) is 9.75. The second-order valence-electron chi connectivity index (χ2n) is 7.60. The maximum atomic E-state index is 12.6. The lowest BCUT2D eigenvalue weighted by Crippen LogP contribution is -2.39. The summed E-state index contributed by atoms with van der Waals surface area (Å²) < 4.78 is 1.73. The van der Waals surface area contributed by atoms with Gasteiger partial charge in [-0.25, -0.2) is 9.67 Å². The van der Waals surface area contributed by atoms with Gasteiger partial charge in [-0.2, -0.15) is 5.10 Å². The first-order valence-corrected chi connectivity index (χ1v) is 9.75. The van der Waals surface area contributed by atoms with Gasteiger partial charge in [-0.15, -0.1) is 0 Å². The third-order valence-electron chi connectivity index (χ3n) is 5.80. The summed E-state index contributed by atoms with van der Waals surface area (Å²) in [6.07, 6.45) is 6.24. The van der Waals surface area contributed by atoms with Crippen molar-refractivity contribution in [3.05, 3.63) is 51.5 Å². The molecule has 2 aromatic rings. The van der Waals surface area contributed by atoms with E-state index < -0.39 is 0 Å². The number of carbonyl (C=O) groups is 1. The number of nitrogens with zero attached hydrogens (tertiary/aromatic N) is 5. The van der Waals surface area contributed by atoms with Gasteiger partial charge in [0.25, 0.3) is 5.56 Å². The SMILES string of the molecule is C=Cn1cc(CN2CCC[C@@H]2c2nc3c(c(=O)[nH]2)CCN(C(C)=O)C3)c(C)n1. The zero-order valence-corrected chi connectivity index (χ0v) is 16.4. The Morgan fingerprint density at radius 3 is 2.96 bits per heavy atom. The summed E-state index contributed by atoms with van der Waals surface area (Å²) in [4.78, 5) is 36.3. The highest BCUT2D eigenvalue weighted by Gasteiger charge is 2.31. The van der Waals surface area contributed by atoms with Gasteiger partial charge in [0.15, 0.2) is 0 Å². The number of aromatic nitrogens is 4. The summed E-state index contributed by atoms with van der Waals surface area (Å²) in [7, 11) is 0. The highest BCUT2D eigenvalue weighted by Crippen LogP contribution is 2.32. The van der Waals surface area contributed by atoms with Gasteiger partial charge in [-0.3, -0.25) is 14.5 Å². The number of hydrogen-bond donors (Lipinski definition) is 1. The Kier molecular flexibility index (Phi) is 4.89. The lowest BCUT2D eigenvalue weighted by molar-refractivity contribution is -0.129. The number of nitrogens with one attached hydrogen (secondary N) is 1. The molecule has 0 saturated carbocycles. The van der Waals surface area contributed by atoms with Crippen LogP contribution < -0.4 is 5.56 Å². The zero-order chi connectivity index (χ0) is 19.8. The maximum absolute atomic E-state index is 12.6. The number of carbonyl (C=O) groups excluding carboxylic acids is 1. The predicted molar refractivity (Wildman–Crippen MR) is 105 cm³/mol. The van der Waals surface area contributed by atoms with Crippen LogP contribution >= 0.6 is 0 Å². The van der Waals surface area contributed by atoms with Crippen LogP contribution in [-0.2, 0) is 24.3 Å². The van der Waals surface area contributed by atoms with Gasteiger partial charge in [-0.1, -0.05) is 6.58 Å². The van der Waals surface area contributed by atoms with Crippen molar-refractivity contribution in [3.8, 4) is 0 Å². The average Bonchev–Trinajstić information content (AvgIpc) is 3.28. The van der Waals surface area contributed by atoms with Gasteiger partial charge in [0.1, 0.15) is 5.82 Å². The molecule has 2 aromatic heterocycles. The fraction of sp³-hybridized carbons (Fsp3) is 0.500. The Hall–Kier alpha value is -2.74. The molecule has 0 unspecified atom stereocenters. The summed E-state index contributed by atoms with van der Waals surface area (Å²) in [6, 6.07) is 0.0668. The molecule has 0 radical (unpaired) electrons. The van der Waals surface area contributed by atoms with Crippen LogP contribution in [0.15, 0.2) is 17.6 Å². The molecule has 0 bridgehead atoms. The van der Waals surface area contributed by atoms with Crippen LogP contribution in [-0.4, -0.2) is 48.5 Å². The Labute approximate surface area is 163 Å². The Morgan fingerprint density at radius 2 is 2.25 bits per heavy atom. The van der Waals surface area contributed by atoms with E-state index in [0.29, 0.717) is 30.9 Å². The largest absolute Gasteiger partial charge is 0.337 e. The van der Waals surface area contributed by atoms with E-state index >= 15 is 0 Å². The van der Waals surface area contributed by atoms with Crippen molar-refractivity contribution in [3.63, 3.8) is 0 Å². The predicted octanol–water partition coefficient (Wildman–Crippen LogP) is 1.62. The average molecular weight is 382 g/mol. The number of fused-ring (bicyclic) bond motifs is 1. The minimum Gasteiger partial charge on any atom is -0.337 e. The minimum atomic E-state index is -0.0642. The normalized spacial score (nSPS) is 19.6. The molecule has 1 saturated heterocycles. The first-order chi connectivity index (χ1) is 13.5. The van der Waals surface area contributed by atoms with E-state index in [-0.39, 0.29) is 17.5 Å². The van der Waals surface area contributed by atoms with Gasteiger partial charge >= 0.3 is 0 Å². The Bertz CT molecular complexity index is 976. The molecule has 2 aliphatic heterocycles. The lowest BCUT2D eigenvalue weighted by atomic mass is 10.1.